The Kier molecular flexibility index (Phi) is 1.84. The second-order valence-corrected chi connectivity index (χ2v) is 3.43. The summed E-state index contributed by atoms with van der Waals surface area (Å²) < 4.78 is 0.727. The lowest BCUT2D eigenvalue weighted by Gasteiger charge is -1.99. The Morgan fingerprint density at radius 3 is 2.92 bits per heavy atom. The number of aryl methyl sites for hydroxylation is 2. The summed E-state index contributed by atoms with van der Waals surface area (Å²) in [5.74, 6) is 0. The highest BCUT2D eigenvalue weighted by atomic mass is 32.1. The van der Waals surface area contributed by atoms with E-state index in [0.29, 0.717) is 0 Å². The van der Waals surface area contributed by atoms with Crippen molar-refractivity contribution >= 4 is 23.4 Å². The van der Waals surface area contributed by atoms with Gasteiger partial charge in [-0.2, -0.15) is 0 Å². The standard InChI is InChI=1S/C9H9N3S/c1-5-3-7-8(12-9(5)13)10-4-6(2)11-7/h3-4H,1-2H3,(H,10,12,13). The molecule has 0 aromatic carbocycles. The van der Waals surface area contributed by atoms with Gasteiger partial charge in [-0.15, -0.1) is 0 Å². The first-order valence-corrected chi connectivity index (χ1v) is 4.41. The van der Waals surface area contributed by atoms with E-state index in [1.165, 1.54) is 0 Å². The van der Waals surface area contributed by atoms with Crippen LogP contribution >= 0.6 is 12.2 Å². The van der Waals surface area contributed by atoms with Gasteiger partial charge in [0.25, 0.3) is 0 Å². The van der Waals surface area contributed by atoms with Crippen LogP contribution in [0.2, 0.25) is 0 Å². The van der Waals surface area contributed by atoms with Gasteiger partial charge >= 0.3 is 0 Å². The average molecular weight is 191 g/mol. The van der Waals surface area contributed by atoms with Gasteiger partial charge in [0.15, 0.2) is 5.65 Å². The monoisotopic (exact) mass is 191 g/mol. The molecule has 0 amide bonds. The molecule has 0 aliphatic carbocycles. The Bertz CT molecular complexity index is 516. The molecule has 0 saturated carbocycles. The Morgan fingerprint density at radius 1 is 1.38 bits per heavy atom. The third kappa shape index (κ3) is 1.45. The molecule has 0 saturated heterocycles. The number of nitrogens with zero attached hydrogens (tertiary/aromatic N) is 2. The van der Waals surface area contributed by atoms with Gasteiger partial charge in [-0.05, 0) is 25.5 Å². The molecule has 66 valence electrons. The van der Waals surface area contributed by atoms with Gasteiger partial charge in [0.05, 0.1) is 11.9 Å². The molecule has 0 radical (unpaired) electrons. The molecule has 13 heavy (non-hydrogen) atoms. The maximum Gasteiger partial charge on any atom is 0.157 e. The van der Waals surface area contributed by atoms with Crippen LogP contribution in [0.1, 0.15) is 11.3 Å². The van der Waals surface area contributed by atoms with Crippen molar-refractivity contribution in [3.63, 3.8) is 0 Å². The number of aromatic nitrogens is 3. The Hall–Kier alpha value is -1.29. The van der Waals surface area contributed by atoms with Crippen LogP contribution in [0.4, 0.5) is 0 Å². The van der Waals surface area contributed by atoms with Gasteiger partial charge < -0.3 is 4.98 Å². The van der Waals surface area contributed by atoms with Crippen molar-refractivity contribution in [3.05, 3.63) is 28.2 Å². The normalized spacial score (nSPS) is 10.6. The molecule has 0 unspecified atom stereocenters. The number of H-pyrrole nitrogens is 1. The van der Waals surface area contributed by atoms with Crippen LogP contribution in [0.3, 0.4) is 0 Å². The van der Waals surface area contributed by atoms with Crippen molar-refractivity contribution in [1.29, 1.82) is 0 Å². The molecule has 0 aliphatic rings. The Balaban J connectivity index is 2.89. The molecule has 3 nitrogen and oxygen atoms in total. The minimum Gasteiger partial charge on any atom is -0.329 e. The van der Waals surface area contributed by atoms with Gasteiger partial charge in [-0.3, -0.25) is 0 Å². The summed E-state index contributed by atoms with van der Waals surface area (Å²) in [6.07, 6.45) is 1.73. The zero-order chi connectivity index (χ0) is 9.42. The quantitative estimate of drug-likeness (QED) is 0.650. The van der Waals surface area contributed by atoms with Crippen LogP contribution in [0.15, 0.2) is 12.3 Å². The van der Waals surface area contributed by atoms with Crippen molar-refractivity contribution < 1.29 is 0 Å². The molecule has 0 fully saturated rings. The van der Waals surface area contributed by atoms with Crippen molar-refractivity contribution in [2.75, 3.05) is 0 Å². The highest BCUT2D eigenvalue weighted by Crippen LogP contribution is 2.09. The van der Waals surface area contributed by atoms with Crippen molar-refractivity contribution in [2.24, 2.45) is 0 Å². The molecule has 2 heterocycles. The van der Waals surface area contributed by atoms with E-state index in [9.17, 15) is 0 Å². The van der Waals surface area contributed by atoms with Crippen LogP contribution in [-0.2, 0) is 0 Å². The molecule has 0 atom stereocenters. The molecule has 2 aromatic heterocycles. The smallest absolute Gasteiger partial charge is 0.157 e. The van der Waals surface area contributed by atoms with E-state index < -0.39 is 0 Å². The third-order valence-corrected chi connectivity index (χ3v) is 2.29. The summed E-state index contributed by atoms with van der Waals surface area (Å²) in [6, 6.07) is 1.95. The van der Waals surface area contributed by atoms with Crippen molar-refractivity contribution in [2.45, 2.75) is 13.8 Å². The highest BCUT2D eigenvalue weighted by Gasteiger charge is 1.98. The summed E-state index contributed by atoms with van der Waals surface area (Å²) in [6.45, 7) is 3.88. The van der Waals surface area contributed by atoms with Gasteiger partial charge in [0.2, 0.25) is 0 Å². The third-order valence-electron chi connectivity index (χ3n) is 1.86. The first-order valence-electron chi connectivity index (χ1n) is 4.00. The van der Waals surface area contributed by atoms with Gasteiger partial charge in [0.1, 0.15) is 10.2 Å². The first-order chi connectivity index (χ1) is 6.16. The molecule has 2 rings (SSSR count). The zero-order valence-corrected chi connectivity index (χ0v) is 8.27. The number of pyridine rings is 1. The van der Waals surface area contributed by atoms with Gasteiger partial charge in [-0.25, -0.2) is 9.97 Å². The fourth-order valence-corrected chi connectivity index (χ4v) is 1.33. The second kappa shape index (κ2) is 2.88. The average Bonchev–Trinajstić information content (AvgIpc) is 2.08. The SMILES string of the molecule is Cc1cnc2[nH]c(=S)c(C)cc2n1. The predicted molar refractivity (Wildman–Crippen MR) is 54.2 cm³/mol. The maximum absolute atomic E-state index is 5.09. The number of aromatic amines is 1. The number of hydrogen-bond acceptors (Lipinski definition) is 3. The fraction of sp³-hybridized carbons (Fsp3) is 0.222. The Labute approximate surface area is 80.9 Å². The predicted octanol–water partition coefficient (Wildman–Crippen LogP) is 2.30. The summed E-state index contributed by atoms with van der Waals surface area (Å²) >= 11 is 5.09. The first kappa shape index (κ1) is 8.31. The lowest BCUT2D eigenvalue weighted by molar-refractivity contribution is 1.14. The Morgan fingerprint density at radius 2 is 2.15 bits per heavy atom. The van der Waals surface area contributed by atoms with Crippen LogP contribution in [0.5, 0.6) is 0 Å². The van der Waals surface area contributed by atoms with E-state index >= 15 is 0 Å². The molecule has 4 heteroatoms. The number of rotatable bonds is 0. The largest absolute Gasteiger partial charge is 0.329 e. The molecule has 0 spiro atoms. The molecule has 0 bridgehead atoms. The zero-order valence-electron chi connectivity index (χ0n) is 7.46. The van der Waals surface area contributed by atoms with E-state index in [2.05, 4.69) is 15.0 Å². The second-order valence-electron chi connectivity index (χ2n) is 3.03. The van der Waals surface area contributed by atoms with E-state index in [-0.39, 0.29) is 0 Å². The maximum atomic E-state index is 5.09. The topological polar surface area (TPSA) is 41.6 Å². The van der Waals surface area contributed by atoms with E-state index in [4.69, 9.17) is 12.2 Å². The van der Waals surface area contributed by atoms with Gasteiger partial charge in [-0.1, -0.05) is 12.2 Å². The minimum atomic E-state index is 0.727. The van der Waals surface area contributed by atoms with Crippen LogP contribution in [0.25, 0.3) is 11.2 Å². The molecule has 1 N–H and O–H groups in total. The van der Waals surface area contributed by atoms with Crippen LogP contribution in [-0.4, -0.2) is 15.0 Å². The van der Waals surface area contributed by atoms with Crippen LogP contribution in [0, 0.1) is 18.5 Å². The van der Waals surface area contributed by atoms with Crippen LogP contribution < -0.4 is 0 Å². The number of hydrogen-bond donors (Lipinski definition) is 1. The van der Waals surface area contributed by atoms with Crippen molar-refractivity contribution in [1.82, 2.24) is 15.0 Å². The lowest BCUT2D eigenvalue weighted by Crippen LogP contribution is -1.91. The molecular formula is C9H9N3S. The van der Waals surface area contributed by atoms with E-state index in [1.54, 1.807) is 6.20 Å². The summed E-state index contributed by atoms with van der Waals surface area (Å²) in [5.41, 5.74) is 3.56. The summed E-state index contributed by atoms with van der Waals surface area (Å²) in [4.78, 5) is 11.6. The summed E-state index contributed by atoms with van der Waals surface area (Å²) in [7, 11) is 0. The fourth-order valence-electron chi connectivity index (χ4n) is 1.17. The molecule has 0 aliphatic heterocycles. The highest BCUT2D eigenvalue weighted by molar-refractivity contribution is 7.71. The number of nitrogens with one attached hydrogen (secondary N) is 1. The summed E-state index contributed by atoms with van der Waals surface area (Å²) in [5, 5.41) is 0. The van der Waals surface area contributed by atoms with E-state index in [0.717, 1.165) is 27.1 Å². The van der Waals surface area contributed by atoms with Gasteiger partial charge in [0, 0.05) is 0 Å². The number of fused-ring (bicyclic) bond motifs is 1. The molecule has 2 aromatic rings. The van der Waals surface area contributed by atoms with Crippen molar-refractivity contribution in [3.8, 4) is 0 Å². The van der Waals surface area contributed by atoms with E-state index in [1.807, 2.05) is 19.9 Å². The minimum absolute atomic E-state index is 0.727. The molecular weight excluding hydrogens is 182 g/mol. The lowest BCUT2D eigenvalue weighted by atomic mass is 10.3.